The Labute approximate surface area is 206 Å². The Morgan fingerprint density at radius 3 is 2.74 bits per heavy atom. The Morgan fingerprint density at radius 1 is 1.18 bits per heavy atom. The summed E-state index contributed by atoms with van der Waals surface area (Å²) in [6, 6.07) is 17.3. The SMILES string of the molecule is O=C(CSc1nnc(-c2cccnc2)n1-c1ccc(Br)cc1)NN=Cc1cccc([N+](=O)[O-])c1. The first kappa shape index (κ1) is 23.3. The minimum atomic E-state index is -0.492. The number of pyridine rings is 1. The molecule has 10 nitrogen and oxygen atoms in total. The zero-order valence-electron chi connectivity index (χ0n) is 17.4. The highest BCUT2D eigenvalue weighted by atomic mass is 79.9. The predicted octanol–water partition coefficient (Wildman–Crippen LogP) is 4.24. The zero-order chi connectivity index (χ0) is 23.9. The molecule has 1 N–H and O–H groups in total. The number of rotatable bonds is 8. The Morgan fingerprint density at radius 2 is 2.00 bits per heavy atom. The lowest BCUT2D eigenvalue weighted by molar-refractivity contribution is -0.384. The molecule has 0 atom stereocenters. The molecule has 12 heteroatoms. The van der Waals surface area contributed by atoms with E-state index in [0.29, 0.717) is 16.5 Å². The van der Waals surface area contributed by atoms with E-state index in [1.54, 1.807) is 24.5 Å². The second-order valence-corrected chi connectivity index (χ2v) is 8.65. The Kier molecular flexibility index (Phi) is 7.40. The smallest absolute Gasteiger partial charge is 0.270 e. The van der Waals surface area contributed by atoms with Crippen molar-refractivity contribution in [2.45, 2.75) is 5.16 Å². The van der Waals surface area contributed by atoms with Gasteiger partial charge < -0.3 is 0 Å². The number of nitro benzene ring substituents is 1. The monoisotopic (exact) mass is 537 g/mol. The fourth-order valence-corrected chi connectivity index (χ4v) is 3.94. The summed E-state index contributed by atoms with van der Waals surface area (Å²) in [4.78, 5) is 26.8. The van der Waals surface area contributed by atoms with Gasteiger partial charge in [-0.1, -0.05) is 39.8 Å². The molecule has 0 aliphatic carbocycles. The van der Waals surface area contributed by atoms with Crippen LogP contribution in [0.5, 0.6) is 0 Å². The number of benzene rings is 2. The summed E-state index contributed by atoms with van der Waals surface area (Å²) in [6.07, 6.45) is 4.72. The number of hydrogen-bond acceptors (Lipinski definition) is 8. The molecule has 2 heterocycles. The second kappa shape index (κ2) is 10.8. The second-order valence-electron chi connectivity index (χ2n) is 6.79. The molecule has 4 rings (SSSR count). The highest BCUT2D eigenvalue weighted by Gasteiger charge is 2.17. The van der Waals surface area contributed by atoms with Gasteiger partial charge in [0.15, 0.2) is 11.0 Å². The standard InChI is InChI=1S/C22H16BrN7O3S/c23-17-6-8-18(9-7-17)29-21(16-4-2-10-24-13-16)27-28-22(29)34-14-20(31)26-25-12-15-3-1-5-19(11-15)30(32)33/h1-13H,14H2,(H,26,31). The molecule has 0 fully saturated rings. The molecule has 1 amide bonds. The van der Waals surface area contributed by atoms with Crippen molar-refractivity contribution < 1.29 is 9.72 Å². The van der Waals surface area contributed by atoms with Crippen LogP contribution in [0.1, 0.15) is 5.56 Å². The third kappa shape index (κ3) is 5.71. The van der Waals surface area contributed by atoms with E-state index in [0.717, 1.165) is 15.7 Å². The summed E-state index contributed by atoms with van der Waals surface area (Å²) in [5.41, 5.74) is 4.49. The molecule has 2 aromatic heterocycles. The number of aromatic nitrogens is 4. The number of nitrogens with zero attached hydrogens (tertiary/aromatic N) is 6. The summed E-state index contributed by atoms with van der Waals surface area (Å²) in [5, 5.41) is 23.9. The van der Waals surface area contributed by atoms with Crippen molar-refractivity contribution in [3.05, 3.63) is 93.2 Å². The molecule has 34 heavy (non-hydrogen) atoms. The van der Waals surface area contributed by atoms with E-state index in [4.69, 9.17) is 0 Å². The topological polar surface area (TPSA) is 128 Å². The summed E-state index contributed by atoms with van der Waals surface area (Å²) >= 11 is 4.64. The van der Waals surface area contributed by atoms with Gasteiger partial charge in [0.2, 0.25) is 0 Å². The van der Waals surface area contributed by atoms with Gasteiger partial charge in [0, 0.05) is 45.8 Å². The van der Waals surface area contributed by atoms with Gasteiger partial charge in [-0.15, -0.1) is 10.2 Å². The molecular weight excluding hydrogens is 522 g/mol. The van der Waals surface area contributed by atoms with Crippen LogP contribution in [0.4, 0.5) is 5.69 Å². The largest absolute Gasteiger partial charge is 0.272 e. The molecule has 0 bridgehead atoms. The minimum Gasteiger partial charge on any atom is -0.272 e. The van der Waals surface area contributed by atoms with E-state index in [1.807, 2.05) is 41.0 Å². The van der Waals surface area contributed by atoms with Crippen molar-refractivity contribution in [2.24, 2.45) is 5.10 Å². The maximum Gasteiger partial charge on any atom is 0.270 e. The third-order valence-electron chi connectivity index (χ3n) is 4.45. The summed E-state index contributed by atoms with van der Waals surface area (Å²) in [5.74, 6) is 0.274. The number of thioether (sulfide) groups is 1. The van der Waals surface area contributed by atoms with Crippen LogP contribution < -0.4 is 5.43 Å². The molecule has 0 saturated heterocycles. The fraction of sp³-hybridized carbons (Fsp3) is 0.0455. The number of nitro groups is 1. The van der Waals surface area contributed by atoms with Gasteiger partial charge in [-0.3, -0.25) is 24.5 Å². The van der Waals surface area contributed by atoms with Crippen LogP contribution in [-0.4, -0.2) is 42.5 Å². The molecule has 0 aliphatic rings. The van der Waals surface area contributed by atoms with Crippen LogP contribution in [0.15, 0.2) is 87.8 Å². The number of amides is 1. The van der Waals surface area contributed by atoms with Crippen LogP contribution in [0.25, 0.3) is 17.1 Å². The zero-order valence-corrected chi connectivity index (χ0v) is 19.8. The molecule has 0 saturated carbocycles. The number of non-ortho nitro benzene ring substituents is 1. The lowest BCUT2D eigenvalue weighted by Gasteiger charge is -2.10. The Hall–Kier alpha value is -3.90. The van der Waals surface area contributed by atoms with Crippen LogP contribution in [-0.2, 0) is 4.79 Å². The average Bonchev–Trinajstić information content (AvgIpc) is 3.28. The lowest BCUT2D eigenvalue weighted by atomic mass is 10.2. The minimum absolute atomic E-state index is 0.0357. The molecular formula is C22H16BrN7O3S. The number of carbonyl (C=O) groups excluding carboxylic acids is 1. The highest BCUT2D eigenvalue weighted by Crippen LogP contribution is 2.28. The van der Waals surface area contributed by atoms with Gasteiger partial charge in [0.25, 0.3) is 11.6 Å². The van der Waals surface area contributed by atoms with Gasteiger partial charge in [0.05, 0.1) is 16.9 Å². The van der Waals surface area contributed by atoms with Crippen molar-refractivity contribution in [1.82, 2.24) is 25.2 Å². The number of hydrogen-bond donors (Lipinski definition) is 1. The molecule has 170 valence electrons. The Bertz CT molecular complexity index is 1340. The van der Waals surface area contributed by atoms with Gasteiger partial charge in [-0.25, -0.2) is 5.43 Å². The Balaban J connectivity index is 1.48. The first-order valence-electron chi connectivity index (χ1n) is 9.82. The first-order valence-corrected chi connectivity index (χ1v) is 11.6. The molecule has 0 unspecified atom stereocenters. The number of halogens is 1. The molecule has 4 aromatic rings. The predicted molar refractivity (Wildman–Crippen MR) is 132 cm³/mol. The average molecular weight is 538 g/mol. The van der Waals surface area contributed by atoms with E-state index >= 15 is 0 Å². The maximum atomic E-state index is 12.3. The fourth-order valence-electron chi connectivity index (χ4n) is 2.93. The van der Waals surface area contributed by atoms with E-state index < -0.39 is 4.92 Å². The lowest BCUT2D eigenvalue weighted by Crippen LogP contribution is -2.20. The summed E-state index contributed by atoms with van der Waals surface area (Å²) in [6.45, 7) is 0. The number of hydrazone groups is 1. The molecule has 0 spiro atoms. The van der Waals surface area contributed by atoms with Gasteiger partial charge in [0.1, 0.15) is 0 Å². The quantitative estimate of drug-likeness (QED) is 0.154. The van der Waals surface area contributed by atoms with E-state index in [1.165, 1.54) is 30.1 Å². The van der Waals surface area contributed by atoms with Crippen molar-refractivity contribution in [3.8, 4) is 17.1 Å². The van der Waals surface area contributed by atoms with Crippen LogP contribution in [0.3, 0.4) is 0 Å². The van der Waals surface area contributed by atoms with E-state index in [9.17, 15) is 14.9 Å². The van der Waals surface area contributed by atoms with Gasteiger partial charge >= 0.3 is 0 Å². The highest BCUT2D eigenvalue weighted by molar-refractivity contribution is 9.10. The number of nitrogens with one attached hydrogen (secondary N) is 1. The summed E-state index contributed by atoms with van der Waals surface area (Å²) < 4.78 is 2.79. The molecule has 2 aromatic carbocycles. The first-order chi connectivity index (χ1) is 16.5. The van der Waals surface area contributed by atoms with Gasteiger partial charge in [-0.05, 0) is 36.4 Å². The third-order valence-corrected chi connectivity index (χ3v) is 5.91. The van der Waals surface area contributed by atoms with Crippen molar-refractivity contribution in [3.63, 3.8) is 0 Å². The van der Waals surface area contributed by atoms with Crippen molar-refractivity contribution in [1.29, 1.82) is 0 Å². The normalized spacial score (nSPS) is 11.0. The molecule has 0 aliphatic heterocycles. The number of carbonyl (C=O) groups is 1. The van der Waals surface area contributed by atoms with E-state index in [2.05, 4.69) is 41.6 Å². The van der Waals surface area contributed by atoms with Crippen LogP contribution in [0, 0.1) is 10.1 Å². The van der Waals surface area contributed by atoms with E-state index in [-0.39, 0.29) is 17.3 Å². The van der Waals surface area contributed by atoms with Crippen LogP contribution >= 0.6 is 27.7 Å². The van der Waals surface area contributed by atoms with Crippen LogP contribution in [0.2, 0.25) is 0 Å². The summed E-state index contributed by atoms with van der Waals surface area (Å²) in [7, 11) is 0. The van der Waals surface area contributed by atoms with Crippen molar-refractivity contribution >= 4 is 45.5 Å². The van der Waals surface area contributed by atoms with Crippen molar-refractivity contribution in [2.75, 3.05) is 5.75 Å². The van der Waals surface area contributed by atoms with Gasteiger partial charge in [-0.2, -0.15) is 5.10 Å². The molecule has 0 radical (unpaired) electrons. The maximum absolute atomic E-state index is 12.3.